The Morgan fingerprint density at radius 1 is 1.32 bits per heavy atom. The number of hydrogen-bond donors (Lipinski definition) is 3. The normalized spacial score (nSPS) is 20.9. The highest BCUT2D eigenvalue weighted by Crippen LogP contribution is 2.27. The van der Waals surface area contributed by atoms with Crippen LogP contribution in [0.5, 0.6) is 0 Å². The van der Waals surface area contributed by atoms with E-state index >= 15 is 0 Å². The van der Waals surface area contributed by atoms with E-state index in [-0.39, 0.29) is 17.5 Å². The van der Waals surface area contributed by atoms with Crippen LogP contribution < -0.4 is 10.6 Å². The first-order chi connectivity index (χ1) is 8.78. The highest BCUT2D eigenvalue weighted by atomic mass is 16.3. The molecule has 0 saturated heterocycles. The Bertz CT molecular complexity index is 297. The Morgan fingerprint density at radius 2 is 1.89 bits per heavy atom. The first-order valence-electron chi connectivity index (χ1n) is 7.56. The van der Waals surface area contributed by atoms with Crippen molar-refractivity contribution >= 4 is 5.91 Å². The molecule has 112 valence electrons. The Labute approximate surface area is 117 Å². The molecule has 19 heavy (non-hydrogen) atoms. The van der Waals surface area contributed by atoms with Gasteiger partial charge in [0.2, 0.25) is 5.91 Å². The van der Waals surface area contributed by atoms with Gasteiger partial charge < -0.3 is 15.7 Å². The molecule has 1 atom stereocenters. The lowest BCUT2D eigenvalue weighted by atomic mass is 9.85. The average Bonchev–Trinajstić information content (AvgIpc) is 2.36. The summed E-state index contributed by atoms with van der Waals surface area (Å²) in [7, 11) is 0. The second-order valence-corrected chi connectivity index (χ2v) is 6.61. The van der Waals surface area contributed by atoms with Gasteiger partial charge in [0.15, 0.2) is 0 Å². The van der Waals surface area contributed by atoms with Crippen molar-refractivity contribution in [2.75, 3.05) is 6.54 Å². The van der Waals surface area contributed by atoms with Crippen LogP contribution >= 0.6 is 0 Å². The molecule has 3 N–H and O–H groups in total. The minimum absolute atomic E-state index is 0.00580. The molecule has 1 aliphatic carbocycles. The molecule has 0 aromatic carbocycles. The van der Waals surface area contributed by atoms with E-state index < -0.39 is 5.60 Å². The number of amides is 1. The van der Waals surface area contributed by atoms with Crippen molar-refractivity contribution in [3.63, 3.8) is 0 Å². The largest absolute Gasteiger partial charge is 0.389 e. The van der Waals surface area contributed by atoms with E-state index in [0.717, 1.165) is 32.1 Å². The molecule has 4 nitrogen and oxygen atoms in total. The molecule has 0 aliphatic heterocycles. The average molecular weight is 270 g/mol. The van der Waals surface area contributed by atoms with E-state index in [2.05, 4.69) is 17.6 Å². The summed E-state index contributed by atoms with van der Waals surface area (Å²) >= 11 is 0. The summed E-state index contributed by atoms with van der Waals surface area (Å²) in [6.07, 6.45) is 5.96. The van der Waals surface area contributed by atoms with Crippen molar-refractivity contribution in [3.8, 4) is 0 Å². The third-order valence-electron chi connectivity index (χ3n) is 4.26. The van der Waals surface area contributed by atoms with Crippen molar-refractivity contribution in [3.05, 3.63) is 0 Å². The molecule has 1 amide bonds. The van der Waals surface area contributed by atoms with E-state index in [4.69, 9.17) is 0 Å². The van der Waals surface area contributed by atoms with Crippen LogP contribution in [0, 0.1) is 0 Å². The van der Waals surface area contributed by atoms with Crippen molar-refractivity contribution in [1.82, 2.24) is 10.6 Å². The van der Waals surface area contributed by atoms with Crippen LogP contribution in [0.25, 0.3) is 0 Å². The van der Waals surface area contributed by atoms with Gasteiger partial charge in [0.05, 0.1) is 11.6 Å². The second kappa shape index (κ2) is 6.71. The number of rotatable bonds is 6. The van der Waals surface area contributed by atoms with Gasteiger partial charge in [-0.3, -0.25) is 4.79 Å². The fourth-order valence-corrected chi connectivity index (χ4v) is 2.35. The first-order valence-corrected chi connectivity index (χ1v) is 7.56. The second-order valence-electron chi connectivity index (χ2n) is 6.61. The van der Waals surface area contributed by atoms with Gasteiger partial charge in [-0.15, -0.1) is 0 Å². The first kappa shape index (κ1) is 16.4. The molecule has 1 unspecified atom stereocenters. The molecular formula is C15H30N2O2. The number of hydrogen-bond acceptors (Lipinski definition) is 3. The van der Waals surface area contributed by atoms with Crippen molar-refractivity contribution in [1.29, 1.82) is 0 Å². The maximum Gasteiger partial charge on any atom is 0.237 e. The zero-order valence-corrected chi connectivity index (χ0v) is 12.9. The smallest absolute Gasteiger partial charge is 0.237 e. The van der Waals surface area contributed by atoms with Crippen LogP contribution in [0.4, 0.5) is 0 Å². The number of carbonyl (C=O) groups is 1. The van der Waals surface area contributed by atoms with Crippen LogP contribution in [0.1, 0.15) is 66.2 Å². The summed E-state index contributed by atoms with van der Waals surface area (Å²) in [6.45, 7) is 8.46. The van der Waals surface area contributed by atoms with Crippen LogP contribution in [-0.2, 0) is 4.79 Å². The van der Waals surface area contributed by atoms with Crippen LogP contribution in [0.15, 0.2) is 0 Å². The molecule has 0 radical (unpaired) electrons. The molecule has 0 heterocycles. The predicted octanol–water partition coefficient (Wildman–Crippen LogP) is 1.96. The lowest BCUT2D eigenvalue weighted by molar-refractivity contribution is -0.124. The molecule has 1 fully saturated rings. The van der Waals surface area contributed by atoms with Gasteiger partial charge in [0, 0.05) is 12.1 Å². The summed E-state index contributed by atoms with van der Waals surface area (Å²) in [6, 6.07) is -0.267. The van der Waals surface area contributed by atoms with Gasteiger partial charge in [-0.25, -0.2) is 0 Å². The van der Waals surface area contributed by atoms with E-state index in [9.17, 15) is 9.90 Å². The quantitative estimate of drug-likeness (QED) is 0.691. The van der Waals surface area contributed by atoms with Gasteiger partial charge >= 0.3 is 0 Å². The highest BCUT2D eigenvalue weighted by Gasteiger charge is 2.30. The minimum Gasteiger partial charge on any atom is -0.389 e. The molecule has 0 aromatic heterocycles. The van der Waals surface area contributed by atoms with E-state index in [1.165, 1.54) is 6.42 Å². The van der Waals surface area contributed by atoms with Crippen molar-refractivity contribution in [2.24, 2.45) is 0 Å². The maximum absolute atomic E-state index is 12.0. The van der Waals surface area contributed by atoms with Crippen molar-refractivity contribution < 1.29 is 9.90 Å². The lowest BCUT2D eigenvalue weighted by Gasteiger charge is -2.34. The fraction of sp³-hybridized carbons (Fsp3) is 0.933. The minimum atomic E-state index is -0.618. The highest BCUT2D eigenvalue weighted by molar-refractivity contribution is 5.81. The monoisotopic (exact) mass is 270 g/mol. The Hall–Kier alpha value is -0.610. The summed E-state index contributed by atoms with van der Waals surface area (Å²) < 4.78 is 0. The molecule has 1 aliphatic rings. The van der Waals surface area contributed by atoms with Crippen LogP contribution in [0.2, 0.25) is 0 Å². The van der Waals surface area contributed by atoms with Crippen LogP contribution in [-0.4, -0.2) is 34.7 Å². The van der Waals surface area contributed by atoms with Gasteiger partial charge in [0.25, 0.3) is 0 Å². The van der Waals surface area contributed by atoms with E-state index in [1.807, 2.05) is 20.8 Å². The molecule has 0 spiro atoms. The molecule has 1 rings (SSSR count). The molecule has 1 saturated carbocycles. The summed E-state index contributed by atoms with van der Waals surface area (Å²) in [5.74, 6) is 0.00580. The maximum atomic E-state index is 12.0. The fourth-order valence-electron chi connectivity index (χ4n) is 2.35. The van der Waals surface area contributed by atoms with Gasteiger partial charge in [-0.05, 0) is 40.0 Å². The molecule has 0 bridgehead atoms. The number of carbonyl (C=O) groups excluding carboxylic acids is 1. The SMILES string of the molecule is CCC(C)(C)NC(=O)C(C)NCC1(O)CCCCC1. The van der Waals surface area contributed by atoms with E-state index in [0.29, 0.717) is 6.54 Å². The molecule has 0 aromatic rings. The Balaban J connectivity index is 2.37. The zero-order valence-electron chi connectivity index (χ0n) is 12.9. The lowest BCUT2D eigenvalue weighted by Crippen LogP contribution is -2.53. The van der Waals surface area contributed by atoms with Gasteiger partial charge in [-0.2, -0.15) is 0 Å². The summed E-state index contributed by atoms with van der Waals surface area (Å²) in [5.41, 5.74) is -0.790. The number of nitrogens with one attached hydrogen (secondary N) is 2. The third-order valence-corrected chi connectivity index (χ3v) is 4.26. The molecule has 4 heteroatoms. The standard InChI is InChI=1S/C15H30N2O2/c1-5-14(3,4)17-13(18)12(2)16-11-15(19)9-7-6-8-10-15/h12,16,19H,5-11H2,1-4H3,(H,17,18). The topological polar surface area (TPSA) is 61.4 Å². The van der Waals surface area contributed by atoms with Crippen LogP contribution in [0.3, 0.4) is 0 Å². The zero-order chi connectivity index (χ0) is 14.5. The van der Waals surface area contributed by atoms with Crippen molar-refractivity contribution in [2.45, 2.75) is 83.4 Å². The Morgan fingerprint density at radius 3 is 2.42 bits per heavy atom. The predicted molar refractivity (Wildman–Crippen MR) is 78.0 cm³/mol. The van der Waals surface area contributed by atoms with Gasteiger partial charge in [0.1, 0.15) is 0 Å². The third kappa shape index (κ3) is 5.49. The Kier molecular flexibility index (Phi) is 5.81. The molecular weight excluding hydrogens is 240 g/mol. The summed E-state index contributed by atoms with van der Waals surface area (Å²) in [5, 5.41) is 16.6. The van der Waals surface area contributed by atoms with Gasteiger partial charge in [-0.1, -0.05) is 26.2 Å². The van der Waals surface area contributed by atoms with E-state index in [1.54, 1.807) is 0 Å². The summed E-state index contributed by atoms with van der Waals surface area (Å²) in [4.78, 5) is 12.0. The number of aliphatic hydroxyl groups is 1.